The van der Waals surface area contributed by atoms with Crippen LogP contribution < -0.4 is 14.8 Å². The number of likely N-dealkylation sites (N-methyl/N-ethyl adjacent to an activating group) is 1. The van der Waals surface area contributed by atoms with Crippen molar-refractivity contribution in [3.05, 3.63) is 18.2 Å². The highest BCUT2D eigenvalue weighted by Crippen LogP contribution is 2.28. The molecule has 180 valence electrons. The average molecular weight is 474 g/mol. The first-order chi connectivity index (χ1) is 14.9. The molecule has 1 saturated heterocycles. The second kappa shape index (κ2) is 10.9. The number of carboxylic acid groups (broad SMARTS) is 1. The van der Waals surface area contributed by atoms with Gasteiger partial charge in [-0.05, 0) is 25.1 Å². The van der Waals surface area contributed by atoms with E-state index in [4.69, 9.17) is 9.47 Å². The van der Waals surface area contributed by atoms with Gasteiger partial charge < -0.3 is 29.3 Å². The zero-order chi connectivity index (χ0) is 23.9. The van der Waals surface area contributed by atoms with E-state index in [1.807, 2.05) is 21.1 Å². The molecule has 1 fully saturated rings. The number of carboxylic acids is 1. The number of anilines is 1. The molecule has 2 rings (SSSR count). The summed E-state index contributed by atoms with van der Waals surface area (Å²) in [6, 6.07) is 2.96. The molecule has 0 spiro atoms. The highest BCUT2D eigenvalue weighted by Gasteiger charge is 2.28. The molecule has 1 heterocycles. The maximum Gasteiger partial charge on any atom is 0.322 e. The maximum atomic E-state index is 13.0. The van der Waals surface area contributed by atoms with E-state index < -0.39 is 22.0 Å². The van der Waals surface area contributed by atoms with Gasteiger partial charge in [0.2, 0.25) is 10.0 Å². The van der Waals surface area contributed by atoms with Gasteiger partial charge in [-0.25, -0.2) is 17.9 Å². The monoisotopic (exact) mass is 473 g/mol. The second-order valence-electron chi connectivity index (χ2n) is 8.51. The van der Waals surface area contributed by atoms with Gasteiger partial charge in [0.05, 0.1) is 70.6 Å². The zero-order valence-electron chi connectivity index (χ0n) is 19.0. The van der Waals surface area contributed by atoms with Gasteiger partial charge in [-0.2, -0.15) is 0 Å². The number of ether oxygens (including phenoxy) is 2. The number of nitrogens with zero attached hydrogens (tertiary/aromatic N) is 2. The Bertz CT molecular complexity index is 909. The molecule has 3 N–H and O–H groups in total. The number of urea groups is 1. The van der Waals surface area contributed by atoms with Crippen molar-refractivity contribution >= 4 is 27.7 Å². The number of rotatable bonds is 10. The number of carbonyl (C=O) groups is 2. The predicted octanol–water partition coefficient (Wildman–Crippen LogP) is 0.777. The van der Waals surface area contributed by atoms with Crippen LogP contribution in [0.5, 0.6) is 5.75 Å². The Labute approximate surface area is 188 Å². The van der Waals surface area contributed by atoms with Gasteiger partial charge in [0, 0.05) is 13.1 Å². The van der Waals surface area contributed by atoms with Crippen molar-refractivity contribution < 1.29 is 37.1 Å². The Balaban J connectivity index is 2.29. The number of morpholine rings is 1. The molecule has 0 saturated carbocycles. The molecule has 32 heavy (non-hydrogen) atoms. The van der Waals surface area contributed by atoms with Crippen molar-refractivity contribution in [2.24, 2.45) is 0 Å². The van der Waals surface area contributed by atoms with Gasteiger partial charge in [-0.3, -0.25) is 4.79 Å². The number of carbonyl (C=O) groups excluding carboxylic acids is 1. The first-order valence-electron chi connectivity index (χ1n) is 10.4. The van der Waals surface area contributed by atoms with E-state index in [9.17, 15) is 23.1 Å². The number of hydrogen-bond acceptors (Lipinski definition) is 6. The lowest BCUT2D eigenvalue weighted by atomic mass is 10.2. The van der Waals surface area contributed by atoms with Crippen molar-refractivity contribution in [2.75, 3.05) is 65.9 Å². The molecule has 12 heteroatoms. The summed E-state index contributed by atoms with van der Waals surface area (Å²) in [5, 5.41) is 11.9. The van der Waals surface area contributed by atoms with Crippen LogP contribution >= 0.6 is 0 Å². The van der Waals surface area contributed by atoms with Crippen LogP contribution in [-0.2, 0) is 19.6 Å². The molecule has 1 atom stereocenters. The number of quaternary nitrogens is 1. The first-order valence-corrected chi connectivity index (χ1v) is 11.8. The van der Waals surface area contributed by atoms with E-state index in [0.29, 0.717) is 43.1 Å². The fraction of sp³-hybridized carbons (Fsp3) is 0.600. The topological polar surface area (TPSA) is 134 Å². The smallest absolute Gasteiger partial charge is 0.322 e. The Hall–Kier alpha value is -2.41. The summed E-state index contributed by atoms with van der Waals surface area (Å²) in [6.45, 7) is 4.11. The van der Waals surface area contributed by atoms with Crippen molar-refractivity contribution in [2.45, 2.75) is 24.3 Å². The first kappa shape index (κ1) is 25.8. The molecule has 2 amide bonds. The molecular formula is C20H33N4O7S+. The normalized spacial score (nSPS) is 15.8. The Morgan fingerprint density at radius 2 is 1.91 bits per heavy atom. The number of aliphatic carboxylic acids is 1. The lowest BCUT2D eigenvalue weighted by Gasteiger charge is -2.29. The summed E-state index contributed by atoms with van der Waals surface area (Å²) >= 11 is 0. The lowest BCUT2D eigenvalue weighted by Crippen LogP contribution is -2.49. The molecule has 0 unspecified atom stereocenters. The van der Waals surface area contributed by atoms with Crippen LogP contribution in [0.4, 0.5) is 10.5 Å². The van der Waals surface area contributed by atoms with Gasteiger partial charge in [0.1, 0.15) is 5.75 Å². The fourth-order valence-electron chi connectivity index (χ4n) is 3.32. The Morgan fingerprint density at radius 1 is 1.25 bits per heavy atom. The van der Waals surface area contributed by atoms with E-state index in [2.05, 4.69) is 10.0 Å². The van der Waals surface area contributed by atoms with E-state index in [0.717, 1.165) is 0 Å². The minimum Gasteiger partial charge on any atom is -0.492 e. The maximum absolute atomic E-state index is 13.0. The molecule has 1 aromatic rings. The second-order valence-corrected chi connectivity index (χ2v) is 10.2. The van der Waals surface area contributed by atoms with E-state index in [1.165, 1.54) is 18.2 Å². The summed E-state index contributed by atoms with van der Waals surface area (Å²) in [4.78, 5) is 25.3. The van der Waals surface area contributed by atoms with Crippen LogP contribution in [0.2, 0.25) is 0 Å². The summed E-state index contributed by atoms with van der Waals surface area (Å²) in [5.74, 6) is -0.766. The van der Waals surface area contributed by atoms with E-state index in [-0.39, 0.29) is 29.6 Å². The van der Waals surface area contributed by atoms with Gasteiger partial charge in [0.25, 0.3) is 0 Å². The molecule has 0 radical (unpaired) electrons. The number of sulfonamides is 1. The fourth-order valence-corrected chi connectivity index (χ4v) is 4.57. The van der Waals surface area contributed by atoms with E-state index in [1.54, 1.807) is 11.8 Å². The summed E-state index contributed by atoms with van der Waals surface area (Å²) in [5.41, 5.74) is 0.215. The molecule has 1 aliphatic rings. The highest BCUT2D eigenvalue weighted by atomic mass is 32.2. The van der Waals surface area contributed by atoms with Gasteiger partial charge in [-0.1, -0.05) is 0 Å². The molecule has 0 aliphatic carbocycles. The average Bonchev–Trinajstić information content (AvgIpc) is 2.67. The third-order valence-corrected chi connectivity index (χ3v) is 6.13. The van der Waals surface area contributed by atoms with Crippen molar-refractivity contribution in [3.63, 3.8) is 0 Å². The van der Waals surface area contributed by atoms with Crippen molar-refractivity contribution in [1.29, 1.82) is 0 Å². The third-order valence-electron chi connectivity index (χ3n) is 4.61. The molecule has 1 aliphatic heterocycles. The van der Waals surface area contributed by atoms with Crippen LogP contribution in [0.1, 0.15) is 13.3 Å². The van der Waals surface area contributed by atoms with Gasteiger partial charge in [0.15, 0.2) is 0 Å². The molecule has 0 bridgehead atoms. The summed E-state index contributed by atoms with van der Waals surface area (Å²) in [6.07, 6.45) is -0.355. The Morgan fingerprint density at radius 3 is 2.47 bits per heavy atom. The molecule has 1 aromatic carbocycles. The third kappa shape index (κ3) is 7.93. The zero-order valence-corrected chi connectivity index (χ0v) is 19.8. The van der Waals surface area contributed by atoms with Crippen LogP contribution in [0.3, 0.4) is 0 Å². The number of hydrogen-bond donors (Lipinski definition) is 3. The predicted molar refractivity (Wildman–Crippen MR) is 118 cm³/mol. The quantitative estimate of drug-likeness (QED) is 0.428. The lowest BCUT2D eigenvalue weighted by molar-refractivity contribution is -0.871. The Kier molecular flexibility index (Phi) is 8.84. The van der Waals surface area contributed by atoms with Gasteiger partial charge in [-0.15, -0.1) is 0 Å². The largest absolute Gasteiger partial charge is 0.492 e. The minimum atomic E-state index is -4.06. The molecule has 11 nitrogen and oxygen atoms in total. The van der Waals surface area contributed by atoms with Gasteiger partial charge >= 0.3 is 12.0 Å². The van der Waals surface area contributed by atoms with Crippen LogP contribution in [0.25, 0.3) is 0 Å². The van der Waals surface area contributed by atoms with Crippen molar-refractivity contribution in [3.8, 4) is 5.75 Å². The standard InChI is InChI=1S/C20H32N4O7S/c1-5-31-18-7-6-16(13-17(18)21-20(27)23-8-10-30-11-9-23)32(28,29)22-15(12-19(25)26)14-24(2,3)4/h6-7,13,15,22H,5,8-12,14H2,1-4H3,(H-,21,25,26,27)/p+1/t15-/m1/s1. The van der Waals surface area contributed by atoms with Crippen LogP contribution in [0.15, 0.2) is 23.1 Å². The number of benzene rings is 1. The van der Waals surface area contributed by atoms with Crippen LogP contribution in [0, 0.1) is 0 Å². The van der Waals surface area contributed by atoms with Crippen molar-refractivity contribution in [1.82, 2.24) is 9.62 Å². The highest BCUT2D eigenvalue weighted by molar-refractivity contribution is 7.89. The van der Waals surface area contributed by atoms with Crippen LogP contribution in [-0.4, -0.2) is 102 Å². The summed E-state index contributed by atoms with van der Waals surface area (Å²) in [7, 11) is 1.48. The number of nitrogens with one attached hydrogen (secondary N) is 2. The summed E-state index contributed by atoms with van der Waals surface area (Å²) < 4.78 is 39.7. The number of amides is 2. The van der Waals surface area contributed by atoms with E-state index >= 15 is 0 Å². The minimum absolute atomic E-state index is 0.102. The molecule has 0 aromatic heterocycles. The molecular weight excluding hydrogens is 440 g/mol. The SMILES string of the molecule is CCOc1ccc(S(=O)(=O)N[C@H](CC(=O)O)C[N+](C)(C)C)cc1NC(=O)N1CCOCC1.